The summed E-state index contributed by atoms with van der Waals surface area (Å²) < 4.78 is 39.9. The first-order valence-electron chi connectivity index (χ1n) is 11.4. The lowest BCUT2D eigenvalue weighted by Gasteiger charge is -2.33. The Balaban J connectivity index is 1.61. The Kier molecular flexibility index (Phi) is 9.74. The molecule has 2 aromatic rings. The van der Waals surface area contributed by atoms with E-state index in [2.05, 4.69) is 0 Å². The van der Waals surface area contributed by atoms with Gasteiger partial charge in [-0.05, 0) is 57.0 Å². The van der Waals surface area contributed by atoms with Crippen molar-refractivity contribution in [2.75, 3.05) is 13.2 Å². The molecule has 1 amide bonds. The van der Waals surface area contributed by atoms with Gasteiger partial charge in [-0.3, -0.25) is 0 Å². The van der Waals surface area contributed by atoms with Gasteiger partial charge in [-0.25, -0.2) is 9.59 Å². The number of nitrogens with zero attached hydrogens (tertiary/aromatic N) is 1. The number of amides is 1. The van der Waals surface area contributed by atoms with E-state index in [0.717, 1.165) is 23.1 Å². The van der Waals surface area contributed by atoms with Gasteiger partial charge >= 0.3 is 18.0 Å². The number of esters is 1. The lowest BCUT2D eigenvalue weighted by molar-refractivity contribution is -0.0929. The van der Waals surface area contributed by atoms with Gasteiger partial charge in [0.15, 0.2) is 0 Å². The van der Waals surface area contributed by atoms with E-state index in [1.165, 1.54) is 28.4 Å². The summed E-state index contributed by atoms with van der Waals surface area (Å²) in [6.07, 6.45) is 1.04. The molecule has 11 heteroatoms. The third-order valence-corrected chi connectivity index (χ3v) is 7.00. The van der Waals surface area contributed by atoms with Gasteiger partial charge in [-0.2, -0.15) is 8.78 Å². The van der Waals surface area contributed by atoms with E-state index < -0.39 is 29.7 Å². The number of carbonyl (C=O) groups is 2. The highest BCUT2D eigenvalue weighted by Crippen LogP contribution is 2.36. The third kappa shape index (κ3) is 7.41. The molecule has 0 aliphatic carbocycles. The van der Waals surface area contributed by atoms with Gasteiger partial charge in [0, 0.05) is 33.5 Å². The first-order chi connectivity index (χ1) is 17.0. The quantitative estimate of drug-likeness (QED) is 0.265. The first-order valence-corrected chi connectivity index (χ1v) is 13.0. The molecule has 2 atom stereocenters. The molecular weight excluding hydrogens is 535 g/mol. The molecular formula is C25H27Cl2F2NO5S. The zero-order chi connectivity index (χ0) is 26.5. The van der Waals surface area contributed by atoms with Crippen LogP contribution in [-0.2, 0) is 21.8 Å². The molecule has 0 radical (unpaired) electrons. The van der Waals surface area contributed by atoms with Crippen molar-refractivity contribution in [2.24, 2.45) is 0 Å². The normalized spacial score (nSPS) is 17.5. The summed E-state index contributed by atoms with van der Waals surface area (Å²) in [5.41, 5.74) is -0.510. The van der Waals surface area contributed by atoms with Crippen LogP contribution in [-0.4, -0.2) is 53.5 Å². The maximum Gasteiger partial charge on any atom is 0.410 e. The van der Waals surface area contributed by atoms with Crippen molar-refractivity contribution in [2.45, 2.75) is 57.3 Å². The van der Waals surface area contributed by atoms with Gasteiger partial charge in [-0.1, -0.05) is 35.4 Å². The lowest BCUT2D eigenvalue weighted by atomic mass is 10.0. The Hall–Kier alpha value is -2.20. The van der Waals surface area contributed by atoms with E-state index in [0.29, 0.717) is 30.7 Å². The highest BCUT2D eigenvalue weighted by atomic mass is 35.5. The molecule has 1 aromatic carbocycles. The summed E-state index contributed by atoms with van der Waals surface area (Å²) >= 11 is 13.0. The number of thiophene rings is 1. The number of cyclic esters (lactones) is 1. The zero-order valence-electron chi connectivity index (χ0n) is 19.8. The largest absolute Gasteiger partial charge is 0.459 e. The van der Waals surface area contributed by atoms with E-state index >= 15 is 0 Å². The molecule has 196 valence electrons. The second-order valence-electron chi connectivity index (χ2n) is 8.60. The number of alkyl halides is 2. The SMILES string of the molecule is CC(C)OC(=O)c1ccc(CCCN2C(=O)OCC[C@@H]2C=CC(O)C(F)(F)c2cc(Cl)cc(Cl)c2)s1. The molecule has 1 unspecified atom stereocenters. The number of halogens is 4. The maximum absolute atomic E-state index is 14.8. The number of aliphatic hydroxyl groups excluding tert-OH is 1. The van der Waals surface area contributed by atoms with Gasteiger partial charge in [0.1, 0.15) is 11.0 Å². The van der Waals surface area contributed by atoms with E-state index in [9.17, 15) is 23.5 Å². The highest BCUT2D eigenvalue weighted by Gasteiger charge is 2.40. The summed E-state index contributed by atoms with van der Waals surface area (Å²) in [5, 5.41) is 10.3. The predicted molar refractivity (Wildman–Crippen MR) is 135 cm³/mol. The minimum Gasteiger partial charge on any atom is -0.459 e. The van der Waals surface area contributed by atoms with Crippen molar-refractivity contribution in [3.63, 3.8) is 0 Å². The molecule has 1 aromatic heterocycles. The molecule has 1 fully saturated rings. The van der Waals surface area contributed by atoms with E-state index in [-0.39, 0.29) is 28.7 Å². The zero-order valence-corrected chi connectivity index (χ0v) is 22.1. The second-order valence-corrected chi connectivity index (χ2v) is 10.6. The van der Waals surface area contributed by atoms with Crippen molar-refractivity contribution < 1.29 is 33.0 Å². The minimum absolute atomic E-state index is 0.0317. The number of ether oxygens (including phenoxy) is 2. The Labute approximate surface area is 222 Å². The number of carbonyl (C=O) groups excluding carboxylic acids is 2. The van der Waals surface area contributed by atoms with Crippen LogP contribution in [0.2, 0.25) is 10.0 Å². The molecule has 3 rings (SSSR count). The van der Waals surface area contributed by atoms with Crippen LogP contribution in [0.3, 0.4) is 0 Å². The summed E-state index contributed by atoms with van der Waals surface area (Å²) in [5.74, 6) is -4.01. The number of benzene rings is 1. The van der Waals surface area contributed by atoms with Crippen molar-refractivity contribution in [1.29, 1.82) is 0 Å². The molecule has 6 nitrogen and oxygen atoms in total. The van der Waals surface area contributed by atoms with Gasteiger partial charge in [0.05, 0.1) is 18.8 Å². The molecule has 2 heterocycles. The molecule has 1 aliphatic rings. The molecule has 0 saturated carbocycles. The minimum atomic E-state index is -3.64. The summed E-state index contributed by atoms with van der Waals surface area (Å²) in [6, 6.07) is 6.46. The molecule has 0 bridgehead atoms. The molecule has 36 heavy (non-hydrogen) atoms. The van der Waals surface area contributed by atoms with Gasteiger partial charge in [-0.15, -0.1) is 11.3 Å². The fraction of sp³-hybridized carbons (Fsp3) is 0.440. The number of hydrogen-bond acceptors (Lipinski definition) is 6. The van der Waals surface area contributed by atoms with E-state index in [1.54, 1.807) is 19.9 Å². The number of hydrogen-bond donors (Lipinski definition) is 1. The van der Waals surface area contributed by atoms with Crippen LogP contribution in [0.1, 0.15) is 46.8 Å². The number of rotatable bonds is 10. The van der Waals surface area contributed by atoms with Crippen LogP contribution >= 0.6 is 34.5 Å². The predicted octanol–water partition coefficient (Wildman–Crippen LogP) is 6.47. The van der Waals surface area contributed by atoms with Gasteiger partial charge in [0.2, 0.25) is 0 Å². The average Bonchev–Trinajstić information content (AvgIpc) is 3.27. The van der Waals surface area contributed by atoms with Crippen LogP contribution in [0.25, 0.3) is 0 Å². The topological polar surface area (TPSA) is 76.1 Å². The van der Waals surface area contributed by atoms with Crippen molar-refractivity contribution >= 4 is 46.6 Å². The monoisotopic (exact) mass is 561 g/mol. The van der Waals surface area contributed by atoms with E-state index in [4.69, 9.17) is 32.7 Å². The number of aliphatic hydroxyl groups is 1. The number of aryl methyl sites for hydroxylation is 1. The molecule has 1 aliphatic heterocycles. The van der Waals surface area contributed by atoms with Crippen LogP contribution in [0.5, 0.6) is 0 Å². The van der Waals surface area contributed by atoms with Crippen LogP contribution in [0.15, 0.2) is 42.5 Å². The summed E-state index contributed by atoms with van der Waals surface area (Å²) in [4.78, 5) is 27.3. The fourth-order valence-corrected chi connectivity index (χ4v) is 5.15. The highest BCUT2D eigenvalue weighted by molar-refractivity contribution is 7.13. The first kappa shape index (κ1) is 28.4. The average molecular weight is 562 g/mol. The van der Waals surface area contributed by atoms with Crippen molar-refractivity contribution in [3.8, 4) is 0 Å². The van der Waals surface area contributed by atoms with Crippen LogP contribution in [0.4, 0.5) is 13.6 Å². The van der Waals surface area contributed by atoms with Crippen LogP contribution in [0, 0.1) is 0 Å². The van der Waals surface area contributed by atoms with Gasteiger partial charge < -0.3 is 19.5 Å². The molecule has 0 spiro atoms. The Morgan fingerprint density at radius 3 is 2.67 bits per heavy atom. The standard InChI is InChI=1S/C25H27Cl2F2NO5S/c1-15(2)35-23(32)21-7-6-20(36-21)4-3-10-30-19(9-11-34-24(30)33)5-8-22(31)25(28,29)16-12-17(26)14-18(27)13-16/h5-8,12-15,19,22,31H,3-4,9-11H2,1-2H3/t19-,22?/m0/s1. The van der Waals surface area contributed by atoms with E-state index in [1.807, 2.05) is 6.07 Å². The van der Waals surface area contributed by atoms with Gasteiger partial charge in [0.25, 0.3) is 0 Å². The Bertz CT molecular complexity index is 1090. The smallest absolute Gasteiger partial charge is 0.410 e. The molecule has 1 saturated heterocycles. The van der Waals surface area contributed by atoms with Crippen molar-refractivity contribution in [3.05, 3.63) is 67.8 Å². The second kappa shape index (κ2) is 12.4. The summed E-state index contributed by atoms with van der Waals surface area (Å²) in [6.45, 7) is 4.02. The molecule has 1 N–H and O–H groups in total. The van der Waals surface area contributed by atoms with Crippen LogP contribution < -0.4 is 0 Å². The summed E-state index contributed by atoms with van der Waals surface area (Å²) in [7, 11) is 0. The fourth-order valence-electron chi connectivity index (χ4n) is 3.69. The Morgan fingerprint density at radius 2 is 2.00 bits per heavy atom. The third-order valence-electron chi connectivity index (χ3n) is 5.44. The van der Waals surface area contributed by atoms with Crippen molar-refractivity contribution in [1.82, 2.24) is 4.90 Å². The lowest BCUT2D eigenvalue weighted by Crippen LogP contribution is -2.45. The Morgan fingerprint density at radius 1 is 1.31 bits per heavy atom. The maximum atomic E-state index is 14.8.